The van der Waals surface area contributed by atoms with Gasteiger partial charge in [0.1, 0.15) is 11.8 Å². The highest BCUT2D eigenvalue weighted by molar-refractivity contribution is 6.31. The molecule has 0 amide bonds. The van der Waals surface area contributed by atoms with Crippen molar-refractivity contribution in [3.05, 3.63) is 29.1 Å². The van der Waals surface area contributed by atoms with E-state index in [1.54, 1.807) is 12.1 Å². The van der Waals surface area contributed by atoms with Gasteiger partial charge in [-0.25, -0.2) is 4.98 Å². The molecule has 0 radical (unpaired) electrons. The van der Waals surface area contributed by atoms with Crippen molar-refractivity contribution in [1.82, 2.24) is 4.98 Å². The second-order valence-electron chi connectivity index (χ2n) is 2.64. The minimum absolute atomic E-state index is 0.298. The summed E-state index contributed by atoms with van der Waals surface area (Å²) in [5.74, 6) is 0. The Morgan fingerprint density at radius 2 is 2.38 bits per heavy atom. The second kappa shape index (κ2) is 3.18. The molecule has 1 aromatic heterocycles. The zero-order chi connectivity index (χ0) is 9.26. The normalized spacial score (nSPS) is 10.5. The Hall–Kier alpha value is -1.35. The smallest absolute Gasteiger partial charge is 0.181 e. The molecule has 0 fully saturated rings. The third kappa shape index (κ3) is 1.42. The summed E-state index contributed by atoms with van der Waals surface area (Å²) in [6.45, 7) is 0. The molecule has 0 bridgehead atoms. The summed E-state index contributed by atoms with van der Waals surface area (Å²) in [6.07, 6.45) is 2.45. The van der Waals surface area contributed by atoms with Crippen molar-refractivity contribution in [2.45, 2.75) is 6.42 Å². The Balaban J connectivity index is 2.69. The Bertz CT molecular complexity index is 450. The van der Waals surface area contributed by atoms with E-state index in [-0.39, 0.29) is 0 Å². The predicted octanol–water partition coefficient (Wildman–Crippen LogP) is 2.22. The lowest BCUT2D eigenvalue weighted by atomic mass is 10.1. The zero-order valence-corrected chi connectivity index (χ0v) is 7.41. The number of hydrogen-bond donors (Lipinski definition) is 0. The van der Waals surface area contributed by atoms with Gasteiger partial charge in [0.25, 0.3) is 0 Å². The van der Waals surface area contributed by atoms with Crippen LogP contribution in [0.25, 0.3) is 11.1 Å². The van der Waals surface area contributed by atoms with E-state index in [9.17, 15) is 4.79 Å². The Labute approximate surface area is 79.3 Å². The lowest BCUT2D eigenvalue weighted by molar-refractivity contribution is -0.107. The summed E-state index contributed by atoms with van der Waals surface area (Å²) in [7, 11) is 0. The topological polar surface area (TPSA) is 43.1 Å². The van der Waals surface area contributed by atoms with Gasteiger partial charge in [0.05, 0.1) is 0 Å². The van der Waals surface area contributed by atoms with Crippen LogP contribution >= 0.6 is 11.6 Å². The Morgan fingerprint density at radius 1 is 1.54 bits per heavy atom. The fraction of sp³-hybridized carbons (Fsp3) is 0.111. The molecule has 0 aliphatic heterocycles. The standard InChI is InChI=1S/C9H6ClNO2/c10-7-3-6(1-2-12)9-8(4-7)11-5-13-9/h2-5H,1H2. The summed E-state index contributed by atoms with van der Waals surface area (Å²) in [5, 5.41) is 0.568. The van der Waals surface area contributed by atoms with Crippen molar-refractivity contribution in [3.8, 4) is 0 Å². The minimum atomic E-state index is 0.298. The van der Waals surface area contributed by atoms with E-state index >= 15 is 0 Å². The lowest BCUT2D eigenvalue weighted by Gasteiger charge is -1.96. The highest BCUT2D eigenvalue weighted by Gasteiger charge is 2.06. The predicted molar refractivity (Wildman–Crippen MR) is 48.8 cm³/mol. The molecule has 1 aromatic carbocycles. The van der Waals surface area contributed by atoms with Crippen LogP contribution in [0.4, 0.5) is 0 Å². The van der Waals surface area contributed by atoms with Crippen molar-refractivity contribution in [2.24, 2.45) is 0 Å². The van der Waals surface area contributed by atoms with E-state index in [0.717, 1.165) is 11.8 Å². The molecule has 1 heterocycles. The molecule has 0 N–H and O–H groups in total. The number of carbonyl (C=O) groups is 1. The average Bonchev–Trinajstić information content (AvgIpc) is 2.52. The molecule has 0 saturated carbocycles. The summed E-state index contributed by atoms with van der Waals surface area (Å²) in [5.41, 5.74) is 2.09. The minimum Gasteiger partial charge on any atom is -0.443 e. The van der Waals surface area contributed by atoms with Crippen LogP contribution < -0.4 is 0 Å². The van der Waals surface area contributed by atoms with Crippen LogP contribution in [0, 0.1) is 0 Å². The number of rotatable bonds is 2. The van der Waals surface area contributed by atoms with Gasteiger partial charge in [0.2, 0.25) is 0 Å². The number of aldehydes is 1. The average molecular weight is 196 g/mol. The number of halogens is 1. The van der Waals surface area contributed by atoms with Crippen molar-refractivity contribution < 1.29 is 9.21 Å². The number of nitrogens with zero attached hydrogens (tertiary/aromatic N) is 1. The van der Waals surface area contributed by atoms with Gasteiger partial charge in [0, 0.05) is 17.0 Å². The van der Waals surface area contributed by atoms with Gasteiger partial charge in [0.15, 0.2) is 12.0 Å². The molecule has 0 atom stereocenters. The zero-order valence-electron chi connectivity index (χ0n) is 6.66. The third-order valence-corrected chi connectivity index (χ3v) is 1.99. The molecule has 0 spiro atoms. The summed E-state index contributed by atoms with van der Waals surface area (Å²) in [4.78, 5) is 14.3. The van der Waals surface area contributed by atoms with Gasteiger partial charge in [-0.15, -0.1) is 0 Å². The van der Waals surface area contributed by atoms with Gasteiger partial charge < -0.3 is 9.21 Å². The second-order valence-corrected chi connectivity index (χ2v) is 3.07. The van der Waals surface area contributed by atoms with Gasteiger partial charge in [-0.3, -0.25) is 0 Å². The molecular formula is C9H6ClNO2. The van der Waals surface area contributed by atoms with Gasteiger partial charge in [-0.1, -0.05) is 11.6 Å². The highest BCUT2D eigenvalue weighted by atomic mass is 35.5. The van der Waals surface area contributed by atoms with E-state index in [1.165, 1.54) is 6.39 Å². The van der Waals surface area contributed by atoms with Gasteiger partial charge >= 0.3 is 0 Å². The highest BCUT2D eigenvalue weighted by Crippen LogP contribution is 2.22. The van der Waals surface area contributed by atoms with Crippen LogP contribution in [0.5, 0.6) is 0 Å². The molecule has 2 rings (SSSR count). The first kappa shape index (κ1) is 8.26. The molecule has 0 aliphatic rings. The van der Waals surface area contributed by atoms with E-state index < -0.39 is 0 Å². The first-order chi connectivity index (χ1) is 6.31. The van der Waals surface area contributed by atoms with Crippen LogP contribution in [0.1, 0.15) is 5.56 Å². The van der Waals surface area contributed by atoms with Crippen molar-refractivity contribution in [3.63, 3.8) is 0 Å². The lowest BCUT2D eigenvalue weighted by Crippen LogP contribution is -1.86. The number of benzene rings is 1. The summed E-state index contributed by atoms with van der Waals surface area (Å²) >= 11 is 5.82. The molecule has 66 valence electrons. The molecule has 4 heteroatoms. The number of oxazole rings is 1. The Morgan fingerprint density at radius 3 is 3.15 bits per heavy atom. The maximum atomic E-state index is 10.3. The summed E-state index contributed by atoms with van der Waals surface area (Å²) < 4.78 is 5.13. The molecule has 0 aliphatic carbocycles. The monoisotopic (exact) mass is 195 g/mol. The van der Waals surface area contributed by atoms with E-state index in [4.69, 9.17) is 16.0 Å². The van der Waals surface area contributed by atoms with Crippen molar-refractivity contribution >= 4 is 29.0 Å². The van der Waals surface area contributed by atoms with Crippen LogP contribution in [0.2, 0.25) is 5.02 Å². The van der Waals surface area contributed by atoms with Crippen LogP contribution in [0.15, 0.2) is 22.9 Å². The Kier molecular flexibility index (Phi) is 2.02. The quantitative estimate of drug-likeness (QED) is 0.691. The first-order valence-corrected chi connectivity index (χ1v) is 4.14. The molecule has 3 nitrogen and oxygen atoms in total. The van der Waals surface area contributed by atoms with Crippen LogP contribution in [-0.2, 0) is 11.2 Å². The maximum absolute atomic E-state index is 10.3. The van der Waals surface area contributed by atoms with Crippen LogP contribution in [0.3, 0.4) is 0 Å². The van der Waals surface area contributed by atoms with Gasteiger partial charge in [-0.05, 0) is 12.1 Å². The molecule has 13 heavy (non-hydrogen) atoms. The number of aromatic nitrogens is 1. The fourth-order valence-electron chi connectivity index (χ4n) is 1.24. The number of carbonyl (C=O) groups excluding carboxylic acids is 1. The van der Waals surface area contributed by atoms with E-state index in [0.29, 0.717) is 22.5 Å². The first-order valence-electron chi connectivity index (χ1n) is 3.76. The summed E-state index contributed by atoms with van der Waals surface area (Å²) in [6, 6.07) is 3.41. The number of fused-ring (bicyclic) bond motifs is 1. The van der Waals surface area contributed by atoms with Gasteiger partial charge in [-0.2, -0.15) is 0 Å². The fourth-order valence-corrected chi connectivity index (χ4v) is 1.48. The number of hydrogen-bond acceptors (Lipinski definition) is 3. The van der Waals surface area contributed by atoms with E-state index in [2.05, 4.69) is 4.98 Å². The maximum Gasteiger partial charge on any atom is 0.181 e. The molecular weight excluding hydrogens is 190 g/mol. The largest absolute Gasteiger partial charge is 0.443 e. The van der Waals surface area contributed by atoms with Crippen molar-refractivity contribution in [1.29, 1.82) is 0 Å². The third-order valence-electron chi connectivity index (χ3n) is 1.78. The SMILES string of the molecule is O=CCc1cc(Cl)cc2ncoc12. The van der Waals surface area contributed by atoms with Crippen molar-refractivity contribution in [2.75, 3.05) is 0 Å². The molecule has 2 aromatic rings. The molecule has 0 saturated heterocycles. The molecule has 0 unspecified atom stereocenters. The van der Waals surface area contributed by atoms with Crippen LogP contribution in [-0.4, -0.2) is 11.3 Å². The van der Waals surface area contributed by atoms with E-state index in [1.807, 2.05) is 0 Å².